The zero-order valence-corrected chi connectivity index (χ0v) is 7.37. The third-order valence-electron chi connectivity index (χ3n) is 2.18. The van der Waals surface area contributed by atoms with Crippen LogP contribution in [0.25, 0.3) is 10.9 Å². The summed E-state index contributed by atoms with van der Waals surface area (Å²) in [5.74, 6) is 0. The molecule has 3 N–H and O–H groups in total. The Balaban J connectivity index is 2.45. The summed E-state index contributed by atoms with van der Waals surface area (Å²) in [5, 5.41) is 0.901. The summed E-state index contributed by atoms with van der Waals surface area (Å²) in [4.78, 5) is 2.87. The number of benzene rings is 1. The normalized spacial score (nSPS) is 13.7. The van der Waals surface area contributed by atoms with Crippen molar-refractivity contribution < 1.29 is 8.78 Å². The minimum Gasteiger partial charge on any atom is -0.357 e. The molecule has 0 spiro atoms. The number of fused-ring (bicyclic) bond motifs is 1. The van der Waals surface area contributed by atoms with E-state index in [1.54, 1.807) is 6.07 Å². The van der Waals surface area contributed by atoms with E-state index in [9.17, 15) is 8.78 Å². The van der Waals surface area contributed by atoms with Crippen molar-refractivity contribution in [1.29, 1.82) is 0 Å². The molecule has 0 saturated carbocycles. The lowest BCUT2D eigenvalue weighted by Gasteiger charge is -2.06. The van der Waals surface area contributed by atoms with Crippen molar-refractivity contribution in [3.63, 3.8) is 0 Å². The third-order valence-corrected chi connectivity index (χ3v) is 2.18. The first kappa shape index (κ1) is 9.15. The number of aromatic nitrogens is 1. The SMILES string of the molecule is NC(c1cc2ccccc2[nH]1)C(F)F. The molecule has 2 rings (SSSR count). The van der Waals surface area contributed by atoms with Gasteiger partial charge in [-0.05, 0) is 17.5 Å². The van der Waals surface area contributed by atoms with E-state index in [0.29, 0.717) is 5.69 Å². The Morgan fingerprint density at radius 1 is 1.21 bits per heavy atom. The molecule has 4 heteroatoms. The van der Waals surface area contributed by atoms with E-state index in [4.69, 9.17) is 5.73 Å². The maximum absolute atomic E-state index is 12.3. The highest BCUT2D eigenvalue weighted by atomic mass is 19.3. The van der Waals surface area contributed by atoms with Gasteiger partial charge in [0.1, 0.15) is 6.04 Å². The van der Waals surface area contributed by atoms with Crippen LogP contribution < -0.4 is 5.73 Å². The first-order valence-corrected chi connectivity index (χ1v) is 4.30. The molecule has 0 aliphatic rings. The van der Waals surface area contributed by atoms with Crippen molar-refractivity contribution in [3.05, 3.63) is 36.0 Å². The van der Waals surface area contributed by atoms with Gasteiger partial charge < -0.3 is 10.7 Å². The molecular formula is C10H10F2N2. The molecule has 2 aromatic rings. The van der Waals surface area contributed by atoms with E-state index in [1.807, 2.05) is 24.3 Å². The fourth-order valence-electron chi connectivity index (χ4n) is 1.41. The van der Waals surface area contributed by atoms with Gasteiger partial charge in [-0.1, -0.05) is 18.2 Å². The van der Waals surface area contributed by atoms with Crippen LogP contribution in [0.15, 0.2) is 30.3 Å². The lowest BCUT2D eigenvalue weighted by Crippen LogP contribution is -2.19. The van der Waals surface area contributed by atoms with Crippen LogP contribution in [-0.2, 0) is 0 Å². The van der Waals surface area contributed by atoms with Crippen molar-refractivity contribution in [1.82, 2.24) is 4.98 Å². The number of halogens is 2. The first-order valence-electron chi connectivity index (χ1n) is 4.30. The smallest absolute Gasteiger partial charge is 0.259 e. The fourth-order valence-corrected chi connectivity index (χ4v) is 1.41. The van der Waals surface area contributed by atoms with Gasteiger partial charge in [0, 0.05) is 11.2 Å². The zero-order valence-electron chi connectivity index (χ0n) is 7.37. The van der Waals surface area contributed by atoms with Gasteiger partial charge in [0.25, 0.3) is 6.43 Å². The molecule has 0 fully saturated rings. The van der Waals surface area contributed by atoms with Crippen molar-refractivity contribution in [2.45, 2.75) is 12.5 Å². The van der Waals surface area contributed by atoms with E-state index >= 15 is 0 Å². The van der Waals surface area contributed by atoms with E-state index < -0.39 is 12.5 Å². The van der Waals surface area contributed by atoms with Crippen LogP contribution in [0.2, 0.25) is 0 Å². The molecule has 1 unspecified atom stereocenters. The number of nitrogens with one attached hydrogen (secondary N) is 1. The molecule has 0 aliphatic carbocycles. The van der Waals surface area contributed by atoms with Crippen LogP contribution in [0, 0.1) is 0 Å². The molecule has 1 aromatic heterocycles. The van der Waals surface area contributed by atoms with E-state index in [1.165, 1.54) is 0 Å². The van der Waals surface area contributed by atoms with Crippen molar-refractivity contribution >= 4 is 10.9 Å². The molecule has 1 heterocycles. The molecule has 0 saturated heterocycles. The predicted octanol–water partition coefficient (Wildman–Crippen LogP) is 2.43. The van der Waals surface area contributed by atoms with Crippen molar-refractivity contribution in [2.24, 2.45) is 5.73 Å². The summed E-state index contributed by atoms with van der Waals surface area (Å²) in [6, 6.07) is 7.81. The van der Waals surface area contributed by atoms with Gasteiger partial charge in [0.15, 0.2) is 0 Å². The second-order valence-electron chi connectivity index (χ2n) is 3.17. The monoisotopic (exact) mass is 196 g/mol. The summed E-state index contributed by atoms with van der Waals surface area (Å²) in [7, 11) is 0. The molecule has 14 heavy (non-hydrogen) atoms. The van der Waals surface area contributed by atoms with Crippen LogP contribution in [-0.4, -0.2) is 11.4 Å². The standard InChI is InChI=1S/C10H10F2N2/c11-10(12)9(13)8-5-6-3-1-2-4-7(6)14-8/h1-5,9-10,14H,13H2. The fraction of sp³-hybridized carbons (Fsp3) is 0.200. The minimum atomic E-state index is -2.54. The Labute approximate surface area is 79.7 Å². The largest absolute Gasteiger partial charge is 0.357 e. The summed E-state index contributed by atoms with van der Waals surface area (Å²) >= 11 is 0. The molecule has 0 amide bonds. The number of aromatic amines is 1. The topological polar surface area (TPSA) is 41.8 Å². The first-order chi connectivity index (χ1) is 6.68. The molecule has 74 valence electrons. The number of rotatable bonds is 2. The number of hydrogen-bond acceptors (Lipinski definition) is 1. The Bertz CT molecular complexity index is 403. The number of alkyl halides is 2. The van der Waals surface area contributed by atoms with Crippen molar-refractivity contribution in [2.75, 3.05) is 0 Å². The van der Waals surface area contributed by atoms with Gasteiger partial charge in [-0.3, -0.25) is 0 Å². The molecule has 2 nitrogen and oxygen atoms in total. The van der Waals surface area contributed by atoms with Crippen LogP contribution in [0.5, 0.6) is 0 Å². The second kappa shape index (κ2) is 3.38. The summed E-state index contributed by atoms with van der Waals surface area (Å²) in [5.41, 5.74) is 6.53. The van der Waals surface area contributed by atoms with Crippen LogP contribution in [0.3, 0.4) is 0 Å². The Hall–Kier alpha value is -1.42. The van der Waals surface area contributed by atoms with Gasteiger partial charge >= 0.3 is 0 Å². The average molecular weight is 196 g/mol. The zero-order chi connectivity index (χ0) is 10.1. The lowest BCUT2D eigenvalue weighted by molar-refractivity contribution is 0.115. The lowest BCUT2D eigenvalue weighted by atomic mass is 10.2. The molecule has 0 radical (unpaired) electrons. The molecule has 1 atom stereocenters. The highest BCUT2D eigenvalue weighted by molar-refractivity contribution is 5.80. The van der Waals surface area contributed by atoms with Gasteiger partial charge in [0.05, 0.1) is 0 Å². The quantitative estimate of drug-likeness (QED) is 0.761. The average Bonchev–Trinajstić information content (AvgIpc) is 2.59. The van der Waals surface area contributed by atoms with E-state index in [2.05, 4.69) is 4.98 Å². The summed E-state index contributed by atoms with van der Waals surface area (Å²) < 4.78 is 24.6. The molecule has 0 aliphatic heterocycles. The highest BCUT2D eigenvalue weighted by Crippen LogP contribution is 2.22. The predicted molar refractivity (Wildman–Crippen MR) is 51.2 cm³/mol. The van der Waals surface area contributed by atoms with Gasteiger partial charge in [-0.2, -0.15) is 0 Å². The maximum Gasteiger partial charge on any atom is 0.259 e. The van der Waals surface area contributed by atoms with Crippen LogP contribution in [0.4, 0.5) is 8.78 Å². The second-order valence-corrected chi connectivity index (χ2v) is 3.17. The number of nitrogens with two attached hydrogens (primary N) is 1. The molecular weight excluding hydrogens is 186 g/mol. The Morgan fingerprint density at radius 3 is 2.57 bits per heavy atom. The van der Waals surface area contributed by atoms with E-state index in [-0.39, 0.29) is 0 Å². The number of H-pyrrole nitrogens is 1. The Morgan fingerprint density at radius 2 is 1.93 bits per heavy atom. The van der Waals surface area contributed by atoms with Crippen molar-refractivity contribution in [3.8, 4) is 0 Å². The maximum atomic E-state index is 12.3. The number of para-hydroxylation sites is 1. The molecule has 1 aromatic carbocycles. The van der Waals surface area contributed by atoms with E-state index in [0.717, 1.165) is 10.9 Å². The Kier molecular flexibility index (Phi) is 2.21. The van der Waals surface area contributed by atoms with Crippen LogP contribution >= 0.6 is 0 Å². The van der Waals surface area contributed by atoms with Gasteiger partial charge in [-0.25, -0.2) is 8.78 Å². The van der Waals surface area contributed by atoms with Gasteiger partial charge in [0.2, 0.25) is 0 Å². The third kappa shape index (κ3) is 1.48. The minimum absolute atomic E-state index is 0.376. The van der Waals surface area contributed by atoms with Gasteiger partial charge in [-0.15, -0.1) is 0 Å². The number of hydrogen-bond donors (Lipinski definition) is 2. The molecule has 0 bridgehead atoms. The summed E-state index contributed by atoms with van der Waals surface area (Å²) in [6.07, 6.45) is -2.54. The van der Waals surface area contributed by atoms with Crippen LogP contribution in [0.1, 0.15) is 11.7 Å². The highest BCUT2D eigenvalue weighted by Gasteiger charge is 2.18. The summed E-state index contributed by atoms with van der Waals surface area (Å²) in [6.45, 7) is 0.